The fraction of sp³-hybridized carbons (Fsp3) is 0.250. The van der Waals surface area contributed by atoms with Gasteiger partial charge in [-0.1, -0.05) is 10.4 Å². The highest BCUT2D eigenvalue weighted by molar-refractivity contribution is 8.01. The van der Waals surface area contributed by atoms with Gasteiger partial charge in [-0.3, -0.25) is 14.5 Å². The maximum Gasteiger partial charge on any atom is 0.352 e. The van der Waals surface area contributed by atoms with Gasteiger partial charge < -0.3 is 26.1 Å². The predicted molar refractivity (Wildman–Crippen MR) is 138 cm³/mol. The molecule has 202 valence electrons. The molecule has 0 saturated carbocycles. The summed E-state index contributed by atoms with van der Waals surface area (Å²) in [4.78, 5) is 63.8. The molecule has 0 spiro atoms. The zero-order valence-electron chi connectivity index (χ0n) is 19.7. The van der Waals surface area contributed by atoms with E-state index in [0.717, 1.165) is 28.0 Å². The lowest BCUT2D eigenvalue weighted by molar-refractivity contribution is -0.150. The number of carboxylic acid groups (broad SMARTS) is 2. The third kappa shape index (κ3) is 4.74. The Labute approximate surface area is 230 Å². The number of carbonyl (C=O) groups excluding carboxylic acids is 2. The Morgan fingerprint density at radius 2 is 2.10 bits per heavy atom. The number of nitrogens with two attached hydrogens (primary N) is 1. The maximum absolute atomic E-state index is 13.1. The van der Waals surface area contributed by atoms with Crippen molar-refractivity contribution in [2.45, 2.75) is 16.4 Å². The van der Waals surface area contributed by atoms with Crippen LogP contribution >= 0.6 is 34.9 Å². The number of hydrogen-bond donors (Lipinski definition) is 4. The Bertz CT molecular complexity index is 1580. The number of aliphatic carboxylic acids is 1. The van der Waals surface area contributed by atoms with Crippen molar-refractivity contribution in [3.8, 4) is 0 Å². The van der Waals surface area contributed by atoms with Gasteiger partial charge in [-0.25, -0.2) is 19.6 Å². The van der Waals surface area contributed by atoms with E-state index in [-0.39, 0.29) is 44.3 Å². The zero-order chi connectivity index (χ0) is 27.8. The number of anilines is 1. The second-order valence-corrected chi connectivity index (χ2v) is 10.8. The molecule has 2 atom stereocenters. The summed E-state index contributed by atoms with van der Waals surface area (Å²) in [5.41, 5.74) is 5.98. The van der Waals surface area contributed by atoms with Crippen LogP contribution in [0.5, 0.6) is 0 Å². The molecule has 2 aliphatic rings. The van der Waals surface area contributed by atoms with Crippen molar-refractivity contribution < 1.29 is 34.2 Å². The first-order valence-electron chi connectivity index (χ1n) is 10.8. The van der Waals surface area contributed by atoms with E-state index in [1.165, 1.54) is 41.2 Å². The second kappa shape index (κ2) is 10.5. The van der Waals surface area contributed by atoms with Crippen LogP contribution in [0.4, 0.5) is 5.13 Å². The number of hydrogen-bond acceptors (Lipinski definition) is 14. The first-order chi connectivity index (χ1) is 18.7. The van der Waals surface area contributed by atoms with Gasteiger partial charge in [-0.15, -0.1) is 40.0 Å². The number of nitrogens with zero attached hydrogens (tertiary/aromatic N) is 7. The summed E-state index contributed by atoms with van der Waals surface area (Å²) in [6.07, 6.45) is 2.53. The van der Waals surface area contributed by atoms with Crippen molar-refractivity contribution >= 4 is 75.1 Å². The van der Waals surface area contributed by atoms with E-state index in [1.54, 1.807) is 0 Å². The Morgan fingerprint density at radius 3 is 2.77 bits per heavy atom. The van der Waals surface area contributed by atoms with Crippen LogP contribution in [0.1, 0.15) is 16.1 Å². The molecule has 2 amide bonds. The number of rotatable bonds is 9. The molecular weight excluding hydrogens is 574 g/mol. The largest absolute Gasteiger partial charge is 0.478 e. The fourth-order valence-corrected chi connectivity index (χ4v) is 7.02. The summed E-state index contributed by atoms with van der Waals surface area (Å²) in [6, 6.07) is -1.02. The summed E-state index contributed by atoms with van der Waals surface area (Å²) in [5.74, 6) is -3.65. The fourth-order valence-electron chi connectivity index (χ4n) is 3.90. The monoisotopic (exact) mass is 591 g/mol. The Hall–Kier alpha value is -4.23. The number of fused-ring (bicyclic) bond motifs is 2. The molecule has 16 nitrogen and oxygen atoms in total. The molecule has 0 radical (unpaired) electrons. The Morgan fingerprint density at radius 1 is 1.31 bits per heavy atom. The van der Waals surface area contributed by atoms with Gasteiger partial charge in [-0.05, 0) is 5.57 Å². The molecule has 0 bridgehead atoms. The molecule has 3 aromatic heterocycles. The molecule has 5 heterocycles. The maximum atomic E-state index is 13.1. The molecule has 0 unspecified atom stereocenters. The van der Waals surface area contributed by atoms with Crippen LogP contribution < -0.4 is 11.1 Å². The predicted octanol–water partition coefficient (Wildman–Crippen LogP) is -0.257. The van der Waals surface area contributed by atoms with Gasteiger partial charge in [0.2, 0.25) is 0 Å². The van der Waals surface area contributed by atoms with Crippen molar-refractivity contribution in [2.75, 3.05) is 24.3 Å². The highest BCUT2D eigenvalue weighted by atomic mass is 32.2. The third-order valence-corrected chi connectivity index (χ3v) is 8.76. The number of nitrogen functional groups attached to an aromatic ring is 1. The first kappa shape index (κ1) is 26.4. The van der Waals surface area contributed by atoms with Gasteiger partial charge >= 0.3 is 11.9 Å². The third-order valence-electron chi connectivity index (χ3n) is 5.59. The average molecular weight is 592 g/mol. The zero-order valence-corrected chi connectivity index (χ0v) is 22.1. The molecule has 1 saturated heterocycles. The van der Waals surface area contributed by atoms with E-state index in [4.69, 9.17) is 10.6 Å². The molecular formula is C20H17N9O7S3. The van der Waals surface area contributed by atoms with Gasteiger partial charge in [0.1, 0.15) is 40.5 Å². The first-order valence-corrected chi connectivity index (χ1v) is 13.7. The number of thiazole rings is 1. The van der Waals surface area contributed by atoms with Crippen molar-refractivity contribution in [1.29, 1.82) is 0 Å². The number of carboxylic acids is 2. The summed E-state index contributed by atoms with van der Waals surface area (Å²) in [6.45, 7) is 0. The number of thioether (sulfide) groups is 2. The van der Waals surface area contributed by atoms with Gasteiger partial charge in [-0.2, -0.15) is 4.52 Å². The highest BCUT2D eigenvalue weighted by Gasteiger charge is 2.54. The Balaban J connectivity index is 1.36. The van der Waals surface area contributed by atoms with E-state index in [1.807, 2.05) is 0 Å². The van der Waals surface area contributed by atoms with Crippen molar-refractivity contribution in [1.82, 2.24) is 35.0 Å². The van der Waals surface area contributed by atoms with Gasteiger partial charge in [0, 0.05) is 23.1 Å². The molecule has 1 fully saturated rings. The quantitative estimate of drug-likeness (QED) is 0.0827. The van der Waals surface area contributed by atoms with Gasteiger partial charge in [0.15, 0.2) is 16.5 Å². The van der Waals surface area contributed by atoms with E-state index < -0.39 is 35.2 Å². The van der Waals surface area contributed by atoms with E-state index in [9.17, 15) is 29.4 Å². The number of carbonyl (C=O) groups is 4. The molecule has 3 aromatic rings. The van der Waals surface area contributed by atoms with Gasteiger partial charge in [0.25, 0.3) is 11.8 Å². The van der Waals surface area contributed by atoms with Crippen molar-refractivity contribution in [3.05, 3.63) is 40.3 Å². The van der Waals surface area contributed by atoms with Gasteiger partial charge in [0.05, 0.1) is 6.20 Å². The Kier molecular flexibility index (Phi) is 7.10. The topological polar surface area (TPSA) is 228 Å². The van der Waals surface area contributed by atoms with Crippen LogP contribution in [-0.2, 0) is 19.2 Å². The van der Waals surface area contributed by atoms with E-state index in [0.29, 0.717) is 11.2 Å². The van der Waals surface area contributed by atoms with Crippen LogP contribution in [0.15, 0.2) is 39.2 Å². The number of β-lactam (4-membered cyclic amide) rings is 1. The number of oxime groups is 1. The SMILES string of the molecule is CO/N=C(\C(=O)N[C@@H]1C(=O)N2C(C(=O)O)=C(CSc3c(C(=O)O)cnc4cnnn34)CS[C@H]12)c1csc(N)n1. The van der Waals surface area contributed by atoms with Crippen LogP contribution in [-0.4, -0.2) is 99.4 Å². The van der Waals surface area contributed by atoms with Crippen molar-refractivity contribution in [3.63, 3.8) is 0 Å². The molecule has 39 heavy (non-hydrogen) atoms. The minimum absolute atomic E-state index is 0.0529. The smallest absolute Gasteiger partial charge is 0.352 e. The standard InChI is InChI=1S/C20H17N9O7S3/c1-36-26-11(9-6-39-20(21)24-9)14(30)25-12-15(31)28-13(19(34)35)7(5-38-17(12)28)4-37-16-8(18(32)33)2-22-10-3-23-27-29(10)16/h2-3,6,12,17H,4-5H2,1H3,(H2,21,24)(H,25,30)(H,32,33)(H,34,35)/b26-11-/t12-,17-/m1/s1. The van der Waals surface area contributed by atoms with Crippen LogP contribution in [0.25, 0.3) is 5.65 Å². The molecule has 5 N–H and O–H groups in total. The lowest BCUT2D eigenvalue weighted by Gasteiger charge is -2.49. The molecule has 5 rings (SSSR count). The van der Waals surface area contributed by atoms with E-state index in [2.05, 4.69) is 30.8 Å². The van der Waals surface area contributed by atoms with Crippen LogP contribution in [0.2, 0.25) is 0 Å². The summed E-state index contributed by atoms with van der Waals surface area (Å²) >= 11 is 3.39. The lowest BCUT2D eigenvalue weighted by atomic mass is 10.0. The number of amides is 2. The van der Waals surface area contributed by atoms with E-state index >= 15 is 0 Å². The van der Waals surface area contributed by atoms with Crippen molar-refractivity contribution in [2.24, 2.45) is 5.16 Å². The summed E-state index contributed by atoms with van der Waals surface area (Å²) in [5, 5.41) is 34.7. The molecule has 19 heteroatoms. The molecule has 0 aromatic carbocycles. The number of aromatic nitrogens is 5. The summed E-state index contributed by atoms with van der Waals surface area (Å²) < 4.78 is 1.25. The van der Waals surface area contributed by atoms with Crippen LogP contribution in [0.3, 0.4) is 0 Å². The highest BCUT2D eigenvalue weighted by Crippen LogP contribution is 2.42. The lowest BCUT2D eigenvalue weighted by Crippen LogP contribution is -2.71. The molecule has 2 aliphatic heterocycles. The normalized spacial score (nSPS) is 19.1. The summed E-state index contributed by atoms with van der Waals surface area (Å²) in [7, 11) is 1.25. The number of nitrogens with one attached hydrogen (secondary N) is 1. The molecule has 0 aliphatic carbocycles. The number of aromatic carboxylic acids is 1. The van der Waals surface area contributed by atoms with Crippen LogP contribution in [0, 0.1) is 0 Å². The minimum atomic E-state index is -1.33. The average Bonchev–Trinajstić information content (AvgIpc) is 3.56. The second-order valence-electron chi connectivity index (χ2n) is 7.89. The minimum Gasteiger partial charge on any atom is -0.478 e.